The second kappa shape index (κ2) is 5.44. The van der Waals surface area contributed by atoms with E-state index in [-0.39, 0.29) is 18.1 Å². The topological polar surface area (TPSA) is 121 Å². The molecule has 8 heteroatoms. The van der Waals surface area contributed by atoms with Crippen LogP contribution in [0.3, 0.4) is 0 Å². The number of rotatable bonds is 3. The van der Waals surface area contributed by atoms with Crippen LogP contribution in [0.2, 0.25) is 0 Å². The molecule has 0 bridgehead atoms. The highest BCUT2D eigenvalue weighted by atomic mass is 16.7. The molecular formula is C11H14N2O6. The normalized spacial score (nSPS) is 33.9. The molecule has 0 radical (unpaired) electrons. The molecule has 3 N–H and O–H groups in total. The van der Waals surface area contributed by atoms with Crippen LogP contribution in [-0.4, -0.2) is 53.9 Å². The Hall–Kier alpha value is -1.82. The van der Waals surface area contributed by atoms with Crippen molar-refractivity contribution in [1.29, 1.82) is 5.26 Å². The van der Waals surface area contributed by atoms with Crippen molar-refractivity contribution >= 4 is 5.91 Å². The summed E-state index contributed by atoms with van der Waals surface area (Å²) in [5.41, 5.74) is -0.312. The average Bonchev–Trinajstić information content (AvgIpc) is 2.60. The van der Waals surface area contributed by atoms with Gasteiger partial charge < -0.3 is 29.7 Å². The maximum atomic E-state index is 11.8. The van der Waals surface area contributed by atoms with E-state index in [1.807, 2.05) is 0 Å². The summed E-state index contributed by atoms with van der Waals surface area (Å²) >= 11 is 0. The van der Waals surface area contributed by atoms with Crippen LogP contribution < -0.4 is 5.32 Å². The number of hydrogen-bond donors (Lipinski definition) is 3. The molecule has 1 fully saturated rings. The third-order valence-electron chi connectivity index (χ3n) is 2.85. The first-order valence-electron chi connectivity index (χ1n) is 5.81. The molecule has 2 heterocycles. The maximum Gasteiger partial charge on any atom is 0.304 e. The summed E-state index contributed by atoms with van der Waals surface area (Å²) in [7, 11) is 0. The minimum Gasteiger partial charge on any atom is -0.465 e. The first-order valence-corrected chi connectivity index (χ1v) is 5.81. The average molecular weight is 270 g/mol. The Bertz CT molecular complexity index is 443. The van der Waals surface area contributed by atoms with Gasteiger partial charge in [-0.3, -0.25) is 4.79 Å². The van der Waals surface area contributed by atoms with Crippen molar-refractivity contribution in [3.05, 3.63) is 11.5 Å². The molecule has 0 aromatic rings. The molecule has 0 aromatic heterocycles. The Morgan fingerprint density at radius 1 is 1.58 bits per heavy atom. The maximum absolute atomic E-state index is 11.8. The summed E-state index contributed by atoms with van der Waals surface area (Å²) in [5, 5.41) is 30.3. The molecule has 4 atom stereocenters. The molecule has 0 spiro atoms. The van der Waals surface area contributed by atoms with Crippen molar-refractivity contribution in [3.8, 4) is 6.07 Å². The number of fused-ring (bicyclic) bond motifs is 1. The number of nitriles is 1. The summed E-state index contributed by atoms with van der Waals surface area (Å²) in [4.78, 5) is 11.8. The number of amides is 1. The predicted octanol–water partition coefficient (Wildman–Crippen LogP) is -1.65. The molecular weight excluding hydrogens is 256 g/mol. The van der Waals surface area contributed by atoms with E-state index in [0.717, 1.165) is 0 Å². The molecule has 19 heavy (non-hydrogen) atoms. The highest BCUT2D eigenvalue weighted by Crippen LogP contribution is 2.28. The third kappa shape index (κ3) is 2.35. The van der Waals surface area contributed by atoms with E-state index in [2.05, 4.69) is 5.32 Å². The summed E-state index contributed by atoms with van der Waals surface area (Å²) < 4.78 is 15.7. The van der Waals surface area contributed by atoms with E-state index in [4.69, 9.17) is 24.6 Å². The van der Waals surface area contributed by atoms with Crippen LogP contribution >= 0.6 is 0 Å². The number of aliphatic hydroxyl groups excluding tert-OH is 2. The minimum atomic E-state index is -1.14. The van der Waals surface area contributed by atoms with Gasteiger partial charge in [0.1, 0.15) is 18.3 Å². The quantitative estimate of drug-likeness (QED) is 0.561. The number of carbonyl (C=O) groups is 1. The smallest absolute Gasteiger partial charge is 0.304 e. The second-order valence-electron chi connectivity index (χ2n) is 4.03. The molecule has 0 aromatic carbocycles. The van der Waals surface area contributed by atoms with Crippen molar-refractivity contribution in [3.63, 3.8) is 0 Å². The Kier molecular flexibility index (Phi) is 3.90. The second-order valence-corrected chi connectivity index (χ2v) is 4.03. The molecule has 2 aliphatic heterocycles. The van der Waals surface area contributed by atoms with Crippen molar-refractivity contribution in [2.75, 3.05) is 13.2 Å². The summed E-state index contributed by atoms with van der Waals surface area (Å²) in [6.07, 6.45) is -3.87. The molecule has 104 valence electrons. The number of ether oxygens (including phenoxy) is 3. The van der Waals surface area contributed by atoms with Crippen LogP contribution in [0.5, 0.6) is 0 Å². The molecule has 0 saturated carbocycles. The largest absolute Gasteiger partial charge is 0.465 e. The number of hydrogen-bond acceptors (Lipinski definition) is 7. The number of nitrogens with one attached hydrogen (secondary N) is 1. The molecule has 8 nitrogen and oxygen atoms in total. The number of nitrogens with zero attached hydrogens (tertiary/aromatic N) is 1. The van der Waals surface area contributed by atoms with Gasteiger partial charge in [-0.25, -0.2) is 0 Å². The van der Waals surface area contributed by atoms with Gasteiger partial charge in [0.15, 0.2) is 17.9 Å². The van der Waals surface area contributed by atoms with Gasteiger partial charge in [0.2, 0.25) is 0 Å². The van der Waals surface area contributed by atoms with Crippen LogP contribution in [0.15, 0.2) is 11.5 Å². The van der Waals surface area contributed by atoms with Gasteiger partial charge in [0.25, 0.3) is 5.91 Å². The van der Waals surface area contributed by atoms with Crippen LogP contribution in [0.25, 0.3) is 0 Å². The Morgan fingerprint density at radius 3 is 2.89 bits per heavy atom. The molecule has 0 aliphatic carbocycles. The van der Waals surface area contributed by atoms with Crippen LogP contribution in [0.4, 0.5) is 0 Å². The van der Waals surface area contributed by atoms with Crippen molar-refractivity contribution in [1.82, 2.24) is 5.32 Å². The monoisotopic (exact) mass is 270 g/mol. The Balaban J connectivity index is 2.29. The van der Waals surface area contributed by atoms with Crippen LogP contribution in [-0.2, 0) is 19.0 Å². The van der Waals surface area contributed by atoms with E-state index in [1.54, 1.807) is 13.0 Å². The summed E-state index contributed by atoms with van der Waals surface area (Å²) in [6.45, 7) is 1.46. The van der Waals surface area contributed by atoms with Crippen LogP contribution in [0.1, 0.15) is 6.92 Å². The van der Waals surface area contributed by atoms with E-state index in [1.165, 1.54) is 0 Å². The fraction of sp³-hybridized carbons (Fsp3) is 0.636. The van der Waals surface area contributed by atoms with Gasteiger partial charge in [-0.05, 0) is 6.92 Å². The lowest BCUT2D eigenvalue weighted by Gasteiger charge is -2.20. The fourth-order valence-corrected chi connectivity index (χ4v) is 1.95. The van der Waals surface area contributed by atoms with E-state index >= 15 is 0 Å². The summed E-state index contributed by atoms with van der Waals surface area (Å²) in [5.74, 6) is -0.944. The zero-order valence-corrected chi connectivity index (χ0v) is 10.2. The highest BCUT2D eigenvalue weighted by molar-refractivity contribution is 5.97. The number of aliphatic hydroxyl groups is 2. The lowest BCUT2D eigenvalue weighted by Crippen LogP contribution is -2.43. The van der Waals surface area contributed by atoms with Gasteiger partial charge in [-0.1, -0.05) is 0 Å². The standard InChI is InChI=1S/C11H14N2O6/c1-2-17-11-5(3-12)9(16)13-10-8(19-11)7(15)6(4-14)18-10/h6-8,10,14-15H,2,4H2,1H3,(H,13,16)/t6-,7+,8+,10+/m0/s1. The first kappa shape index (κ1) is 13.6. The van der Waals surface area contributed by atoms with E-state index in [0.29, 0.717) is 0 Å². The van der Waals surface area contributed by atoms with Crippen LogP contribution in [0, 0.1) is 11.3 Å². The van der Waals surface area contributed by atoms with E-state index < -0.39 is 37.1 Å². The SMILES string of the molecule is CCOC1=C(C#N)C(=O)N[C@@H]2O[C@@H](CO)[C@@H](O)[C@H]2O1. The molecule has 2 aliphatic rings. The summed E-state index contributed by atoms with van der Waals surface area (Å²) in [6, 6.07) is 1.69. The predicted molar refractivity (Wildman–Crippen MR) is 59.0 cm³/mol. The van der Waals surface area contributed by atoms with Gasteiger partial charge in [-0.15, -0.1) is 0 Å². The first-order chi connectivity index (χ1) is 9.12. The fourth-order valence-electron chi connectivity index (χ4n) is 1.95. The van der Waals surface area contributed by atoms with Gasteiger partial charge >= 0.3 is 5.95 Å². The molecule has 2 rings (SSSR count). The Labute approximate surface area is 109 Å². The minimum absolute atomic E-state index is 0.200. The van der Waals surface area contributed by atoms with Gasteiger partial charge in [0, 0.05) is 0 Å². The zero-order chi connectivity index (χ0) is 14.0. The molecule has 0 unspecified atom stereocenters. The van der Waals surface area contributed by atoms with E-state index in [9.17, 15) is 9.90 Å². The third-order valence-corrected chi connectivity index (χ3v) is 2.85. The lowest BCUT2D eigenvalue weighted by atomic mass is 10.1. The zero-order valence-electron chi connectivity index (χ0n) is 10.2. The van der Waals surface area contributed by atoms with Crippen molar-refractivity contribution in [2.24, 2.45) is 0 Å². The van der Waals surface area contributed by atoms with Crippen molar-refractivity contribution < 1.29 is 29.2 Å². The Morgan fingerprint density at radius 2 is 2.32 bits per heavy atom. The number of carbonyl (C=O) groups excluding carboxylic acids is 1. The van der Waals surface area contributed by atoms with Crippen molar-refractivity contribution in [2.45, 2.75) is 31.5 Å². The molecule has 1 amide bonds. The molecule has 1 saturated heterocycles. The lowest BCUT2D eigenvalue weighted by molar-refractivity contribution is -0.122. The van der Waals surface area contributed by atoms with Gasteiger partial charge in [-0.2, -0.15) is 5.26 Å². The van der Waals surface area contributed by atoms with Gasteiger partial charge in [0.05, 0.1) is 13.2 Å². The highest BCUT2D eigenvalue weighted by Gasteiger charge is 2.48.